The van der Waals surface area contributed by atoms with Gasteiger partial charge in [-0.2, -0.15) is 9.78 Å². The number of rotatable bonds is 5. The van der Waals surface area contributed by atoms with Crippen molar-refractivity contribution in [1.82, 2.24) is 9.66 Å². The first kappa shape index (κ1) is 25.0. The highest BCUT2D eigenvalue weighted by atomic mass is 79.9. The summed E-state index contributed by atoms with van der Waals surface area (Å²) in [6, 6.07) is 24.5. The summed E-state index contributed by atoms with van der Waals surface area (Å²) in [5, 5.41) is 4.94. The number of benzene rings is 4. The Morgan fingerprint density at radius 1 is 0.923 bits per heavy atom. The summed E-state index contributed by atoms with van der Waals surface area (Å²) in [5.74, 6) is 1.10. The molecule has 0 aliphatic carbocycles. The second-order valence-electron chi connectivity index (χ2n) is 8.46. The number of hydrogen-bond acceptors (Lipinski definition) is 7. The molecule has 2 heterocycles. The first-order valence-electron chi connectivity index (χ1n) is 11.7. The normalized spacial score (nSPS) is 12.3. The average Bonchev–Trinajstić information content (AvgIpc) is 3.42. The van der Waals surface area contributed by atoms with Crippen LogP contribution in [0.4, 0.5) is 0 Å². The zero-order chi connectivity index (χ0) is 26.9. The van der Waals surface area contributed by atoms with E-state index in [1.807, 2.05) is 30.3 Å². The van der Waals surface area contributed by atoms with Crippen LogP contribution in [0.2, 0.25) is 0 Å². The maximum Gasteiger partial charge on any atom is 0.343 e. The Balaban J connectivity index is 1.40. The minimum absolute atomic E-state index is 0.104. The first-order chi connectivity index (χ1) is 19.0. The van der Waals surface area contributed by atoms with Gasteiger partial charge in [-0.3, -0.25) is 4.79 Å². The van der Waals surface area contributed by atoms with Crippen LogP contribution in [0.3, 0.4) is 0 Å². The number of esters is 1. The summed E-state index contributed by atoms with van der Waals surface area (Å²) < 4.78 is 19.3. The molecule has 8 nitrogen and oxygen atoms in total. The zero-order valence-electron chi connectivity index (χ0n) is 20.0. The third kappa shape index (κ3) is 5.08. The van der Waals surface area contributed by atoms with E-state index in [-0.39, 0.29) is 18.1 Å². The summed E-state index contributed by atoms with van der Waals surface area (Å²) in [6.45, 7) is 0.104. The van der Waals surface area contributed by atoms with Crippen LogP contribution in [0.15, 0.2) is 104 Å². The number of hydrogen-bond donors (Lipinski definition) is 0. The molecule has 1 aliphatic rings. The Morgan fingerprint density at radius 3 is 2.54 bits per heavy atom. The van der Waals surface area contributed by atoms with Crippen molar-refractivity contribution in [2.24, 2.45) is 5.10 Å². The predicted octanol–water partition coefficient (Wildman–Crippen LogP) is 6.42. The highest BCUT2D eigenvalue weighted by molar-refractivity contribution is 9.10. The Labute approximate surface area is 238 Å². The Hall–Kier alpha value is -4.28. The lowest BCUT2D eigenvalue weighted by atomic mass is 10.2. The van der Waals surface area contributed by atoms with Gasteiger partial charge in [-0.1, -0.05) is 56.1 Å². The van der Waals surface area contributed by atoms with Crippen molar-refractivity contribution in [2.45, 2.75) is 0 Å². The lowest BCUT2D eigenvalue weighted by molar-refractivity contribution is 0.0734. The summed E-state index contributed by atoms with van der Waals surface area (Å²) in [4.78, 5) is 31.2. The van der Waals surface area contributed by atoms with Gasteiger partial charge in [-0.25, -0.2) is 9.78 Å². The van der Waals surface area contributed by atoms with E-state index in [0.717, 1.165) is 8.95 Å². The van der Waals surface area contributed by atoms with E-state index < -0.39 is 5.97 Å². The molecule has 0 unspecified atom stereocenters. The lowest BCUT2D eigenvalue weighted by Gasteiger charge is -2.11. The minimum atomic E-state index is -0.578. The van der Waals surface area contributed by atoms with Crippen molar-refractivity contribution in [1.29, 1.82) is 0 Å². The van der Waals surface area contributed by atoms with Crippen molar-refractivity contribution in [3.63, 3.8) is 0 Å². The van der Waals surface area contributed by atoms with E-state index in [2.05, 4.69) is 37.0 Å². The molecule has 0 fully saturated rings. The van der Waals surface area contributed by atoms with Crippen LogP contribution >= 0.6 is 31.9 Å². The van der Waals surface area contributed by atoms with Crippen LogP contribution in [0, 0.1) is 0 Å². The molecule has 0 atom stereocenters. The molecular weight excluding hydrogens is 630 g/mol. The lowest BCUT2D eigenvalue weighted by Crippen LogP contribution is -2.20. The molecule has 0 amide bonds. The van der Waals surface area contributed by atoms with Crippen molar-refractivity contribution in [3.8, 4) is 28.6 Å². The van der Waals surface area contributed by atoms with E-state index in [9.17, 15) is 9.59 Å². The summed E-state index contributed by atoms with van der Waals surface area (Å²) in [6.07, 6.45) is 1.47. The molecule has 0 saturated heterocycles. The fraction of sp³-hybridized carbons (Fsp3) is 0.0345. The molecule has 5 aromatic rings. The van der Waals surface area contributed by atoms with Gasteiger partial charge in [-0.05, 0) is 60.7 Å². The SMILES string of the molecule is O=C(Oc1ccc(Br)cc1C=Nn1c(-c2ccc(Br)cc2)nc2ccccc2c1=O)c1ccc2c(c1)OCO2. The fourth-order valence-electron chi connectivity index (χ4n) is 4.03. The van der Waals surface area contributed by atoms with Crippen molar-refractivity contribution in [2.75, 3.05) is 6.79 Å². The summed E-state index contributed by atoms with van der Waals surface area (Å²) in [7, 11) is 0. The number of aromatic nitrogens is 2. The highest BCUT2D eigenvalue weighted by Crippen LogP contribution is 2.33. The third-order valence-electron chi connectivity index (χ3n) is 5.95. The molecule has 0 radical (unpaired) electrons. The maximum absolute atomic E-state index is 13.5. The number of para-hydroxylation sites is 1. The Bertz CT molecular complexity index is 1830. The van der Waals surface area contributed by atoms with Crippen LogP contribution in [-0.4, -0.2) is 28.6 Å². The van der Waals surface area contributed by atoms with Gasteiger partial charge in [0.05, 0.1) is 22.7 Å². The van der Waals surface area contributed by atoms with Crippen LogP contribution in [-0.2, 0) is 0 Å². The third-order valence-corrected chi connectivity index (χ3v) is 6.97. The number of carbonyl (C=O) groups excluding carboxylic acids is 1. The average molecular weight is 647 g/mol. The number of ether oxygens (including phenoxy) is 3. The molecule has 4 aromatic carbocycles. The molecule has 10 heteroatoms. The molecule has 0 bridgehead atoms. The first-order valence-corrected chi connectivity index (χ1v) is 13.3. The van der Waals surface area contributed by atoms with Crippen LogP contribution in [0.1, 0.15) is 15.9 Å². The van der Waals surface area contributed by atoms with Crippen LogP contribution in [0.5, 0.6) is 17.2 Å². The molecular formula is C29H17Br2N3O5. The second kappa shape index (κ2) is 10.5. The van der Waals surface area contributed by atoms with Gasteiger partial charge in [0.1, 0.15) is 5.75 Å². The summed E-state index contributed by atoms with van der Waals surface area (Å²) in [5.41, 5.74) is 1.72. The second-order valence-corrected chi connectivity index (χ2v) is 10.3. The largest absolute Gasteiger partial charge is 0.454 e. The van der Waals surface area contributed by atoms with Gasteiger partial charge < -0.3 is 14.2 Å². The van der Waals surface area contributed by atoms with E-state index in [1.165, 1.54) is 10.9 Å². The number of nitrogens with zero attached hydrogens (tertiary/aromatic N) is 3. The topological polar surface area (TPSA) is 92.0 Å². The van der Waals surface area contributed by atoms with Gasteiger partial charge >= 0.3 is 5.97 Å². The van der Waals surface area contributed by atoms with Crippen LogP contribution < -0.4 is 19.8 Å². The molecule has 6 rings (SSSR count). The number of carbonyl (C=O) groups is 1. The van der Waals surface area contributed by atoms with Gasteiger partial charge in [0.2, 0.25) is 6.79 Å². The molecule has 0 saturated carbocycles. The molecule has 192 valence electrons. The van der Waals surface area contributed by atoms with E-state index >= 15 is 0 Å². The Kier molecular flexibility index (Phi) is 6.72. The van der Waals surface area contributed by atoms with E-state index in [4.69, 9.17) is 19.2 Å². The maximum atomic E-state index is 13.5. The number of halogens is 2. The molecule has 0 spiro atoms. The minimum Gasteiger partial charge on any atom is -0.454 e. The van der Waals surface area contributed by atoms with Gasteiger partial charge in [0.15, 0.2) is 17.3 Å². The fourth-order valence-corrected chi connectivity index (χ4v) is 4.68. The van der Waals surface area contributed by atoms with Crippen molar-refractivity contribution in [3.05, 3.63) is 115 Å². The smallest absolute Gasteiger partial charge is 0.343 e. The highest BCUT2D eigenvalue weighted by Gasteiger charge is 2.19. The van der Waals surface area contributed by atoms with Crippen LogP contribution in [0.25, 0.3) is 22.3 Å². The number of fused-ring (bicyclic) bond motifs is 2. The predicted molar refractivity (Wildman–Crippen MR) is 154 cm³/mol. The van der Waals surface area contributed by atoms with Crippen molar-refractivity contribution < 1.29 is 19.0 Å². The molecule has 1 aromatic heterocycles. The molecule has 39 heavy (non-hydrogen) atoms. The molecule has 0 N–H and O–H groups in total. The monoisotopic (exact) mass is 645 g/mol. The Morgan fingerprint density at radius 2 is 1.69 bits per heavy atom. The quantitative estimate of drug-likeness (QED) is 0.124. The van der Waals surface area contributed by atoms with Gasteiger partial charge in [-0.15, -0.1) is 0 Å². The standard InChI is InChI=1S/C29H17Br2N3O5/c30-20-8-5-17(6-9-20)27-33-23-4-2-1-3-22(23)28(35)34(27)32-15-19-13-21(31)10-12-24(19)39-29(36)18-7-11-25-26(14-18)38-16-37-25/h1-15H,16H2. The van der Waals surface area contributed by atoms with E-state index in [1.54, 1.807) is 54.6 Å². The summed E-state index contributed by atoms with van der Waals surface area (Å²) >= 11 is 6.89. The van der Waals surface area contributed by atoms with Crippen molar-refractivity contribution >= 4 is 54.9 Å². The van der Waals surface area contributed by atoms with E-state index in [0.29, 0.717) is 44.9 Å². The zero-order valence-corrected chi connectivity index (χ0v) is 23.2. The molecule has 1 aliphatic heterocycles. The van der Waals surface area contributed by atoms with Gasteiger partial charge in [0, 0.05) is 20.1 Å². The van der Waals surface area contributed by atoms with Gasteiger partial charge in [0.25, 0.3) is 5.56 Å².